The second kappa shape index (κ2) is 5.24. The second-order valence-electron chi connectivity index (χ2n) is 4.33. The first-order chi connectivity index (χ1) is 9.65. The Labute approximate surface area is 128 Å². The van der Waals surface area contributed by atoms with E-state index in [1.165, 1.54) is 12.1 Å². The number of carbonyl (C=O) groups excluding carboxylic acids is 1. The third-order valence-corrected chi connectivity index (χ3v) is 3.91. The normalized spacial score (nSPS) is 10.7. The Balaban J connectivity index is 1.93. The number of amides is 1. The summed E-state index contributed by atoms with van der Waals surface area (Å²) in [4.78, 5) is 15.4. The van der Waals surface area contributed by atoms with Gasteiger partial charge in [0.2, 0.25) is 0 Å². The average molecular weight is 380 g/mol. The molecule has 1 aromatic heterocycles. The van der Waals surface area contributed by atoms with Crippen LogP contribution in [-0.4, -0.2) is 10.9 Å². The van der Waals surface area contributed by atoms with Crippen LogP contribution in [0.5, 0.6) is 0 Å². The van der Waals surface area contributed by atoms with Crippen LogP contribution in [-0.2, 0) is 0 Å². The van der Waals surface area contributed by atoms with Gasteiger partial charge in [-0.3, -0.25) is 4.79 Å². The summed E-state index contributed by atoms with van der Waals surface area (Å²) in [6.07, 6.45) is 1.68. The predicted octanol–water partition coefficient (Wildman–Crippen LogP) is 4.16. The molecule has 3 aromatic rings. The van der Waals surface area contributed by atoms with E-state index in [-0.39, 0.29) is 11.7 Å². The molecule has 0 fully saturated rings. The molecule has 1 heterocycles. The third kappa shape index (κ3) is 2.40. The molecular weight excluding hydrogens is 370 g/mol. The van der Waals surface area contributed by atoms with Crippen LogP contribution in [0.2, 0.25) is 0 Å². The third-order valence-electron chi connectivity index (χ3n) is 3.01. The first kappa shape index (κ1) is 13.1. The van der Waals surface area contributed by atoms with E-state index in [1.54, 1.807) is 12.3 Å². The Hall–Kier alpha value is -1.89. The molecule has 0 atom stereocenters. The first-order valence-corrected chi connectivity index (χ1v) is 7.05. The minimum atomic E-state index is -0.320. The zero-order valence-electron chi connectivity index (χ0n) is 10.3. The van der Waals surface area contributed by atoms with Crippen molar-refractivity contribution < 1.29 is 9.18 Å². The average Bonchev–Trinajstić information content (AvgIpc) is 2.86. The van der Waals surface area contributed by atoms with Gasteiger partial charge in [-0.2, -0.15) is 0 Å². The van der Waals surface area contributed by atoms with Gasteiger partial charge in [-0.15, -0.1) is 0 Å². The Morgan fingerprint density at radius 3 is 2.80 bits per heavy atom. The molecule has 3 rings (SSSR count). The fourth-order valence-electron chi connectivity index (χ4n) is 2.04. The Bertz CT molecular complexity index is 797. The lowest BCUT2D eigenvalue weighted by atomic mass is 10.1. The molecule has 0 aliphatic rings. The molecule has 2 aromatic carbocycles. The number of fused-ring (bicyclic) bond motifs is 1. The smallest absolute Gasteiger partial charge is 0.257 e. The van der Waals surface area contributed by atoms with Crippen molar-refractivity contribution in [2.45, 2.75) is 0 Å². The highest BCUT2D eigenvalue weighted by molar-refractivity contribution is 14.1. The van der Waals surface area contributed by atoms with Gasteiger partial charge in [0.25, 0.3) is 5.91 Å². The number of carbonyl (C=O) groups is 1. The van der Waals surface area contributed by atoms with E-state index in [0.29, 0.717) is 14.8 Å². The van der Waals surface area contributed by atoms with Crippen molar-refractivity contribution in [1.29, 1.82) is 0 Å². The maximum atomic E-state index is 13.0. The van der Waals surface area contributed by atoms with E-state index in [2.05, 4.69) is 10.3 Å². The number of aromatic amines is 1. The van der Waals surface area contributed by atoms with E-state index < -0.39 is 0 Å². The maximum absolute atomic E-state index is 13.0. The molecule has 0 aliphatic carbocycles. The Kier molecular flexibility index (Phi) is 3.43. The molecule has 0 saturated carbocycles. The molecule has 0 bridgehead atoms. The van der Waals surface area contributed by atoms with Crippen molar-refractivity contribution in [2.75, 3.05) is 5.32 Å². The van der Waals surface area contributed by atoms with Crippen molar-refractivity contribution >= 4 is 45.1 Å². The van der Waals surface area contributed by atoms with E-state index in [1.807, 2.05) is 46.9 Å². The van der Waals surface area contributed by atoms with Gasteiger partial charge < -0.3 is 10.3 Å². The standard InChI is InChI=1S/C15H10FIN2O/c16-9-5-6-14(12(17)7-9)19-15(20)11-8-18-13-4-2-1-3-10(11)13/h1-8,18H,(H,19,20). The molecule has 20 heavy (non-hydrogen) atoms. The van der Waals surface area contributed by atoms with Crippen LogP contribution in [0.1, 0.15) is 10.4 Å². The molecule has 0 saturated heterocycles. The fraction of sp³-hybridized carbons (Fsp3) is 0. The minimum absolute atomic E-state index is 0.216. The van der Waals surface area contributed by atoms with E-state index in [0.717, 1.165) is 10.9 Å². The van der Waals surface area contributed by atoms with Crippen molar-refractivity contribution in [3.8, 4) is 0 Å². The fourth-order valence-corrected chi connectivity index (χ4v) is 2.65. The lowest BCUT2D eigenvalue weighted by Crippen LogP contribution is -2.12. The monoisotopic (exact) mass is 380 g/mol. The molecule has 0 aliphatic heterocycles. The highest BCUT2D eigenvalue weighted by Gasteiger charge is 2.13. The number of nitrogens with one attached hydrogen (secondary N) is 2. The number of halogens is 2. The van der Waals surface area contributed by atoms with Gasteiger partial charge in [-0.05, 0) is 46.9 Å². The molecule has 3 nitrogen and oxygen atoms in total. The van der Waals surface area contributed by atoms with Crippen molar-refractivity contribution in [3.63, 3.8) is 0 Å². The number of rotatable bonds is 2. The van der Waals surface area contributed by atoms with Crippen LogP contribution in [0.3, 0.4) is 0 Å². The SMILES string of the molecule is O=C(Nc1ccc(F)cc1I)c1c[nH]c2ccccc12. The van der Waals surface area contributed by atoms with Gasteiger partial charge in [-0.25, -0.2) is 4.39 Å². The van der Waals surface area contributed by atoms with Crippen molar-refractivity contribution in [1.82, 2.24) is 4.98 Å². The van der Waals surface area contributed by atoms with Gasteiger partial charge >= 0.3 is 0 Å². The van der Waals surface area contributed by atoms with Crippen LogP contribution >= 0.6 is 22.6 Å². The summed E-state index contributed by atoms with van der Waals surface area (Å²) < 4.78 is 13.7. The highest BCUT2D eigenvalue weighted by atomic mass is 127. The number of para-hydroxylation sites is 1. The molecule has 0 unspecified atom stereocenters. The van der Waals surface area contributed by atoms with Crippen LogP contribution in [0.15, 0.2) is 48.7 Å². The van der Waals surface area contributed by atoms with Gasteiger partial charge in [0, 0.05) is 20.7 Å². The van der Waals surface area contributed by atoms with Gasteiger partial charge in [0.15, 0.2) is 0 Å². The Morgan fingerprint density at radius 2 is 2.00 bits per heavy atom. The lowest BCUT2D eigenvalue weighted by Gasteiger charge is -2.06. The molecule has 0 spiro atoms. The lowest BCUT2D eigenvalue weighted by molar-refractivity contribution is 0.102. The molecule has 1 amide bonds. The zero-order valence-corrected chi connectivity index (χ0v) is 12.4. The number of aromatic nitrogens is 1. The highest BCUT2D eigenvalue weighted by Crippen LogP contribution is 2.22. The topological polar surface area (TPSA) is 44.9 Å². The molecular formula is C15H10FIN2O. The summed E-state index contributed by atoms with van der Waals surface area (Å²) in [7, 11) is 0. The van der Waals surface area contributed by atoms with Gasteiger partial charge in [0.05, 0.1) is 11.3 Å². The quantitative estimate of drug-likeness (QED) is 0.645. The maximum Gasteiger partial charge on any atom is 0.257 e. The van der Waals surface area contributed by atoms with Gasteiger partial charge in [0.1, 0.15) is 5.82 Å². The number of benzene rings is 2. The largest absolute Gasteiger partial charge is 0.360 e. The zero-order chi connectivity index (χ0) is 14.1. The summed E-state index contributed by atoms with van der Waals surface area (Å²) in [5, 5.41) is 3.66. The number of hydrogen-bond donors (Lipinski definition) is 2. The van der Waals surface area contributed by atoms with Crippen LogP contribution in [0.25, 0.3) is 10.9 Å². The van der Waals surface area contributed by atoms with E-state index in [9.17, 15) is 9.18 Å². The minimum Gasteiger partial charge on any atom is -0.360 e. The van der Waals surface area contributed by atoms with Crippen LogP contribution in [0, 0.1) is 9.39 Å². The van der Waals surface area contributed by atoms with E-state index in [4.69, 9.17) is 0 Å². The first-order valence-electron chi connectivity index (χ1n) is 5.97. The van der Waals surface area contributed by atoms with E-state index >= 15 is 0 Å². The molecule has 5 heteroatoms. The second-order valence-corrected chi connectivity index (χ2v) is 5.49. The molecule has 0 radical (unpaired) electrons. The Morgan fingerprint density at radius 1 is 1.20 bits per heavy atom. The number of H-pyrrole nitrogens is 1. The van der Waals surface area contributed by atoms with Crippen molar-refractivity contribution in [3.05, 3.63) is 63.6 Å². The van der Waals surface area contributed by atoms with Crippen molar-refractivity contribution in [2.24, 2.45) is 0 Å². The summed E-state index contributed by atoms with van der Waals surface area (Å²) in [6, 6.07) is 11.9. The number of hydrogen-bond acceptors (Lipinski definition) is 1. The summed E-state index contributed by atoms with van der Waals surface area (Å²) >= 11 is 1.99. The summed E-state index contributed by atoms with van der Waals surface area (Å²) in [5.41, 5.74) is 2.08. The summed E-state index contributed by atoms with van der Waals surface area (Å²) in [5.74, 6) is -0.536. The molecule has 100 valence electrons. The number of anilines is 1. The van der Waals surface area contributed by atoms with Crippen LogP contribution in [0.4, 0.5) is 10.1 Å². The predicted molar refractivity (Wildman–Crippen MR) is 85.4 cm³/mol. The van der Waals surface area contributed by atoms with Crippen LogP contribution < -0.4 is 5.32 Å². The summed E-state index contributed by atoms with van der Waals surface area (Å²) in [6.45, 7) is 0. The molecule has 2 N–H and O–H groups in total. The van der Waals surface area contributed by atoms with Gasteiger partial charge in [-0.1, -0.05) is 18.2 Å².